The minimum absolute atomic E-state index is 0.0825. The molecule has 2 aromatic heterocycles. The molecule has 0 unspecified atom stereocenters. The number of hydrogen-bond acceptors (Lipinski definition) is 3. The fourth-order valence-corrected chi connectivity index (χ4v) is 3.40. The molecule has 4 aromatic rings. The smallest absolute Gasteiger partial charge is 0.225 e. The van der Waals surface area contributed by atoms with Gasteiger partial charge >= 0.3 is 0 Å². The van der Waals surface area contributed by atoms with Crippen molar-refractivity contribution in [2.24, 2.45) is 0 Å². The first-order valence-electron chi connectivity index (χ1n) is 9.46. The van der Waals surface area contributed by atoms with Crippen LogP contribution in [0.3, 0.4) is 0 Å². The van der Waals surface area contributed by atoms with E-state index in [-0.39, 0.29) is 5.91 Å². The second-order valence-electron chi connectivity index (χ2n) is 7.12. The highest BCUT2D eigenvalue weighted by atomic mass is 35.5. The first kappa shape index (κ1) is 19.2. The van der Waals surface area contributed by atoms with Gasteiger partial charge in [-0.1, -0.05) is 48.0 Å². The number of nitrogens with zero attached hydrogens (tertiary/aromatic N) is 3. The summed E-state index contributed by atoms with van der Waals surface area (Å²) in [7, 11) is 0. The van der Waals surface area contributed by atoms with E-state index in [1.54, 1.807) is 10.7 Å². The van der Waals surface area contributed by atoms with Crippen molar-refractivity contribution < 1.29 is 4.79 Å². The fraction of sp³-hybridized carbons (Fsp3) is 0.174. The molecule has 0 aliphatic heterocycles. The highest BCUT2D eigenvalue weighted by Gasteiger charge is 2.18. The Labute approximate surface area is 174 Å². The number of rotatable bonds is 5. The lowest BCUT2D eigenvalue weighted by Crippen LogP contribution is -2.13. The maximum Gasteiger partial charge on any atom is 0.225 e. The predicted molar refractivity (Wildman–Crippen MR) is 116 cm³/mol. The van der Waals surface area contributed by atoms with E-state index in [0.717, 1.165) is 27.8 Å². The number of nitrogens with one attached hydrogen (secondary N) is 1. The van der Waals surface area contributed by atoms with Crippen molar-refractivity contribution in [3.8, 4) is 11.1 Å². The highest BCUT2D eigenvalue weighted by molar-refractivity contribution is 6.31. The molecule has 2 aromatic carbocycles. The molecule has 2 heterocycles. The summed E-state index contributed by atoms with van der Waals surface area (Å²) >= 11 is 6.20. The topological polar surface area (TPSA) is 59.3 Å². The van der Waals surface area contributed by atoms with Crippen LogP contribution < -0.4 is 5.32 Å². The summed E-state index contributed by atoms with van der Waals surface area (Å²) in [4.78, 5) is 17.2. The summed E-state index contributed by atoms with van der Waals surface area (Å²) < 4.78 is 1.71. The molecule has 0 saturated heterocycles. The van der Waals surface area contributed by atoms with E-state index in [1.807, 2.05) is 68.6 Å². The average Bonchev–Trinajstić information content (AvgIpc) is 3.06. The Morgan fingerprint density at radius 3 is 2.69 bits per heavy atom. The van der Waals surface area contributed by atoms with E-state index in [1.165, 1.54) is 0 Å². The molecule has 0 spiro atoms. The first-order chi connectivity index (χ1) is 14.0. The van der Waals surface area contributed by atoms with Gasteiger partial charge in [-0.3, -0.25) is 4.79 Å². The standard InChI is InChI=1S/C23H21ClN4O/c1-15-13-25-23-21(18-9-10-19(24)16(2)12-18)22(27-28(23)14-15)26-20(29)11-8-17-6-4-3-5-7-17/h3-7,9-10,12-14H,8,11H2,1-2H3,(H,26,27,29). The quantitative estimate of drug-likeness (QED) is 0.495. The summed E-state index contributed by atoms with van der Waals surface area (Å²) in [5.41, 5.74) is 5.46. The average molecular weight is 405 g/mol. The van der Waals surface area contributed by atoms with Gasteiger partial charge in [-0.05, 0) is 54.7 Å². The van der Waals surface area contributed by atoms with Gasteiger partial charge in [0.2, 0.25) is 5.91 Å². The van der Waals surface area contributed by atoms with E-state index in [2.05, 4.69) is 15.4 Å². The van der Waals surface area contributed by atoms with Crippen molar-refractivity contribution in [1.29, 1.82) is 0 Å². The molecule has 0 bridgehead atoms. The number of aryl methyl sites for hydroxylation is 3. The minimum Gasteiger partial charge on any atom is -0.309 e. The number of carbonyl (C=O) groups is 1. The third-order valence-corrected chi connectivity index (χ3v) is 5.21. The number of carbonyl (C=O) groups excluding carboxylic acids is 1. The van der Waals surface area contributed by atoms with Gasteiger partial charge in [-0.25, -0.2) is 9.50 Å². The third kappa shape index (κ3) is 4.15. The van der Waals surface area contributed by atoms with E-state index in [4.69, 9.17) is 11.6 Å². The maximum absolute atomic E-state index is 12.6. The second kappa shape index (κ2) is 8.05. The molecule has 1 amide bonds. The molecule has 0 atom stereocenters. The van der Waals surface area contributed by atoms with Crippen LogP contribution in [0, 0.1) is 13.8 Å². The van der Waals surface area contributed by atoms with Crippen LogP contribution in [0.2, 0.25) is 5.02 Å². The fourth-order valence-electron chi connectivity index (χ4n) is 3.28. The van der Waals surface area contributed by atoms with Crippen LogP contribution in [0.25, 0.3) is 16.8 Å². The number of anilines is 1. The molecule has 4 rings (SSSR count). The first-order valence-corrected chi connectivity index (χ1v) is 9.84. The molecule has 1 N–H and O–H groups in total. The van der Waals surface area contributed by atoms with E-state index >= 15 is 0 Å². The van der Waals surface area contributed by atoms with Crippen LogP contribution in [0.1, 0.15) is 23.1 Å². The number of fused-ring (bicyclic) bond motifs is 1. The highest BCUT2D eigenvalue weighted by Crippen LogP contribution is 2.33. The molecule has 0 aliphatic rings. The van der Waals surface area contributed by atoms with Crippen LogP contribution in [-0.2, 0) is 11.2 Å². The van der Waals surface area contributed by atoms with Crippen molar-refractivity contribution in [2.75, 3.05) is 5.32 Å². The Hall–Kier alpha value is -3.18. The molecular weight excluding hydrogens is 384 g/mol. The van der Waals surface area contributed by atoms with Crippen LogP contribution in [0.5, 0.6) is 0 Å². The Bertz CT molecular complexity index is 1180. The Morgan fingerprint density at radius 2 is 1.93 bits per heavy atom. The molecule has 0 radical (unpaired) electrons. The molecule has 146 valence electrons. The Balaban J connectivity index is 1.67. The van der Waals surface area contributed by atoms with Gasteiger partial charge in [0.05, 0.1) is 5.56 Å². The van der Waals surface area contributed by atoms with Gasteiger partial charge in [0, 0.05) is 23.8 Å². The largest absolute Gasteiger partial charge is 0.309 e. The molecule has 6 heteroatoms. The van der Waals surface area contributed by atoms with Gasteiger partial charge in [-0.15, -0.1) is 5.10 Å². The van der Waals surface area contributed by atoms with Crippen molar-refractivity contribution in [2.45, 2.75) is 26.7 Å². The number of aromatic nitrogens is 3. The zero-order valence-electron chi connectivity index (χ0n) is 16.3. The van der Waals surface area contributed by atoms with E-state index in [0.29, 0.717) is 29.3 Å². The van der Waals surface area contributed by atoms with Gasteiger partial charge in [0.15, 0.2) is 11.5 Å². The monoisotopic (exact) mass is 404 g/mol. The second-order valence-corrected chi connectivity index (χ2v) is 7.53. The SMILES string of the molecule is Cc1cnc2c(-c3ccc(Cl)c(C)c3)c(NC(=O)CCc3ccccc3)nn2c1. The Morgan fingerprint density at radius 1 is 1.14 bits per heavy atom. The molecule has 0 aliphatic carbocycles. The molecular formula is C23H21ClN4O. The third-order valence-electron chi connectivity index (χ3n) is 4.79. The summed E-state index contributed by atoms with van der Waals surface area (Å²) in [6, 6.07) is 15.7. The zero-order chi connectivity index (χ0) is 20.4. The molecule has 5 nitrogen and oxygen atoms in total. The van der Waals surface area contributed by atoms with Crippen molar-refractivity contribution >= 4 is 29.0 Å². The molecule has 29 heavy (non-hydrogen) atoms. The van der Waals surface area contributed by atoms with Crippen molar-refractivity contribution in [1.82, 2.24) is 14.6 Å². The number of amides is 1. The van der Waals surface area contributed by atoms with Crippen LogP contribution in [0.4, 0.5) is 5.82 Å². The summed E-state index contributed by atoms with van der Waals surface area (Å²) in [5.74, 6) is 0.420. The van der Waals surface area contributed by atoms with Gasteiger partial charge in [0.1, 0.15) is 0 Å². The maximum atomic E-state index is 12.6. The van der Waals surface area contributed by atoms with Gasteiger partial charge < -0.3 is 5.32 Å². The summed E-state index contributed by atoms with van der Waals surface area (Å²) in [6.45, 7) is 3.91. The summed E-state index contributed by atoms with van der Waals surface area (Å²) in [6.07, 6.45) is 4.74. The zero-order valence-corrected chi connectivity index (χ0v) is 17.1. The minimum atomic E-state index is -0.0825. The lowest BCUT2D eigenvalue weighted by Gasteiger charge is -2.07. The normalized spacial score (nSPS) is 11.0. The number of benzene rings is 2. The van der Waals surface area contributed by atoms with Gasteiger partial charge in [0.25, 0.3) is 0 Å². The van der Waals surface area contributed by atoms with Crippen LogP contribution in [-0.4, -0.2) is 20.5 Å². The van der Waals surface area contributed by atoms with Crippen LogP contribution in [0.15, 0.2) is 60.9 Å². The lowest BCUT2D eigenvalue weighted by atomic mass is 10.0. The lowest BCUT2D eigenvalue weighted by molar-refractivity contribution is -0.116. The number of halogens is 1. The summed E-state index contributed by atoms with van der Waals surface area (Å²) in [5, 5.41) is 8.26. The van der Waals surface area contributed by atoms with E-state index in [9.17, 15) is 4.79 Å². The van der Waals surface area contributed by atoms with E-state index < -0.39 is 0 Å². The van der Waals surface area contributed by atoms with Crippen molar-refractivity contribution in [3.05, 3.63) is 82.6 Å². The van der Waals surface area contributed by atoms with Crippen molar-refractivity contribution in [3.63, 3.8) is 0 Å². The molecule has 0 fully saturated rings. The molecule has 0 saturated carbocycles. The number of hydrogen-bond donors (Lipinski definition) is 1. The van der Waals surface area contributed by atoms with Crippen LogP contribution >= 0.6 is 11.6 Å². The van der Waals surface area contributed by atoms with Gasteiger partial charge in [-0.2, -0.15) is 0 Å². The Kier molecular flexibility index (Phi) is 5.32. The predicted octanol–water partition coefficient (Wildman–Crippen LogP) is 5.24.